The molecule has 1 aromatic carbocycles. The van der Waals surface area contributed by atoms with Crippen LogP contribution in [0.4, 0.5) is 0 Å². The molecule has 1 aliphatic carbocycles. The van der Waals surface area contributed by atoms with E-state index in [1.165, 1.54) is 24.6 Å². The molecule has 1 unspecified atom stereocenters. The lowest BCUT2D eigenvalue weighted by atomic mass is 9.93. The Bertz CT molecular complexity index is 1000. The number of fused-ring (bicyclic) bond motifs is 1. The lowest BCUT2D eigenvalue weighted by Crippen LogP contribution is -2.38. The Balaban J connectivity index is 1.64. The first-order valence-corrected chi connectivity index (χ1v) is 11.9. The molecule has 1 fully saturated rings. The molecule has 2 heterocycles. The third-order valence-electron chi connectivity index (χ3n) is 5.57. The summed E-state index contributed by atoms with van der Waals surface area (Å²) in [5.41, 5.74) is 2.52. The fourth-order valence-corrected chi connectivity index (χ4v) is 4.93. The van der Waals surface area contributed by atoms with E-state index in [1.54, 1.807) is 20.1 Å². The second-order valence-electron chi connectivity index (χ2n) is 7.97. The number of rotatable bonds is 9. The van der Waals surface area contributed by atoms with Crippen LogP contribution in [-0.4, -0.2) is 48.8 Å². The molecule has 0 bridgehead atoms. The van der Waals surface area contributed by atoms with Gasteiger partial charge in [-0.2, -0.15) is 0 Å². The lowest BCUT2D eigenvalue weighted by molar-refractivity contribution is -0.141. The van der Waals surface area contributed by atoms with Crippen LogP contribution >= 0.6 is 23.4 Å². The minimum Gasteiger partial charge on any atom is -0.460 e. The number of hydrogen-bond donors (Lipinski definition) is 1. The van der Waals surface area contributed by atoms with Gasteiger partial charge in [-0.15, -0.1) is 0 Å². The van der Waals surface area contributed by atoms with E-state index in [1.807, 2.05) is 28.5 Å². The normalized spacial score (nSPS) is 20.0. The van der Waals surface area contributed by atoms with Gasteiger partial charge in [-0.1, -0.05) is 41.6 Å². The van der Waals surface area contributed by atoms with Gasteiger partial charge in [0.2, 0.25) is 5.91 Å². The van der Waals surface area contributed by atoms with E-state index >= 15 is 0 Å². The van der Waals surface area contributed by atoms with Crippen LogP contribution in [0.2, 0.25) is 5.02 Å². The summed E-state index contributed by atoms with van der Waals surface area (Å²) >= 11 is 8.01. The van der Waals surface area contributed by atoms with Gasteiger partial charge in [-0.25, -0.2) is 9.79 Å². The standard InChI is InChI=1S/C23H26ClN3O4S/c1-14-20(22(29)31-10-9-30-2)21(17-5-3-4-6-18(17)24)27-16(13-32-23(27)26-14)11-19(28)25-12-15-7-8-15/h3-6,13,15,21H,7-12H2,1-2H3,(H,25,28). The van der Waals surface area contributed by atoms with Crippen molar-refractivity contribution in [3.8, 4) is 0 Å². The van der Waals surface area contributed by atoms with E-state index in [0.717, 1.165) is 11.3 Å². The van der Waals surface area contributed by atoms with E-state index in [-0.39, 0.29) is 18.9 Å². The van der Waals surface area contributed by atoms with Crippen molar-refractivity contribution in [3.05, 3.63) is 57.2 Å². The van der Waals surface area contributed by atoms with Gasteiger partial charge in [0.05, 0.1) is 30.3 Å². The maximum atomic E-state index is 13.1. The van der Waals surface area contributed by atoms with Crippen LogP contribution in [0.1, 0.15) is 37.8 Å². The summed E-state index contributed by atoms with van der Waals surface area (Å²) in [6, 6.07) is 6.87. The number of carbonyl (C=O) groups excluding carboxylic acids is 2. The Kier molecular flexibility index (Phi) is 7.23. The average molecular weight is 476 g/mol. The monoisotopic (exact) mass is 475 g/mol. The molecule has 1 N–H and O–H groups in total. The summed E-state index contributed by atoms with van der Waals surface area (Å²) in [7, 11) is 1.55. The number of methoxy groups -OCH3 is 1. The zero-order chi connectivity index (χ0) is 22.7. The molecule has 3 aliphatic rings. The number of esters is 1. The average Bonchev–Trinajstić information content (AvgIpc) is 3.52. The number of nitrogens with one attached hydrogen (secondary N) is 1. The van der Waals surface area contributed by atoms with Crippen LogP contribution < -0.4 is 5.32 Å². The first-order chi connectivity index (χ1) is 15.5. The van der Waals surface area contributed by atoms with Gasteiger partial charge in [0.25, 0.3) is 0 Å². The molecule has 170 valence electrons. The molecule has 0 saturated heterocycles. The number of ether oxygens (including phenoxy) is 2. The molecule has 1 amide bonds. The Morgan fingerprint density at radius 2 is 2.06 bits per heavy atom. The van der Waals surface area contributed by atoms with E-state index in [9.17, 15) is 9.59 Å². The summed E-state index contributed by atoms with van der Waals surface area (Å²) in [6.07, 6.45) is 2.55. The SMILES string of the molecule is COCCOC(=O)C1=C(C)N=C2SC=C(CC(=O)NCC3CC3)N2C1c1ccccc1Cl. The van der Waals surface area contributed by atoms with Crippen molar-refractivity contribution in [2.45, 2.75) is 32.2 Å². The Labute approximate surface area is 196 Å². The molecule has 1 saturated carbocycles. The van der Waals surface area contributed by atoms with Crippen LogP contribution in [-0.2, 0) is 19.1 Å². The van der Waals surface area contributed by atoms with E-state index in [4.69, 9.17) is 21.1 Å². The number of halogens is 1. The highest BCUT2D eigenvalue weighted by Gasteiger charge is 2.42. The molecule has 4 rings (SSSR count). The molecule has 9 heteroatoms. The highest BCUT2D eigenvalue weighted by Crippen LogP contribution is 2.46. The van der Waals surface area contributed by atoms with Crippen LogP contribution in [0, 0.1) is 5.92 Å². The second-order valence-corrected chi connectivity index (χ2v) is 9.21. The lowest BCUT2D eigenvalue weighted by Gasteiger charge is -2.36. The van der Waals surface area contributed by atoms with Gasteiger partial charge in [0.1, 0.15) is 6.61 Å². The van der Waals surface area contributed by atoms with Crippen LogP contribution in [0.25, 0.3) is 0 Å². The molecule has 0 aromatic heterocycles. The Hall–Kier alpha value is -2.29. The van der Waals surface area contributed by atoms with Crippen LogP contribution in [0.3, 0.4) is 0 Å². The first-order valence-electron chi connectivity index (χ1n) is 10.6. The topological polar surface area (TPSA) is 80.2 Å². The third-order valence-corrected chi connectivity index (χ3v) is 6.80. The maximum absolute atomic E-state index is 13.1. The zero-order valence-electron chi connectivity index (χ0n) is 18.1. The molecule has 0 radical (unpaired) electrons. The van der Waals surface area contributed by atoms with Crippen LogP contribution in [0.15, 0.2) is 51.6 Å². The van der Waals surface area contributed by atoms with Gasteiger partial charge in [0.15, 0.2) is 5.17 Å². The molecular formula is C23H26ClN3O4S. The predicted molar refractivity (Wildman–Crippen MR) is 125 cm³/mol. The first kappa shape index (κ1) is 22.9. The van der Waals surface area contributed by atoms with Crippen molar-refractivity contribution < 1.29 is 19.1 Å². The number of amides is 1. The molecule has 0 spiro atoms. The van der Waals surface area contributed by atoms with Gasteiger partial charge >= 0.3 is 5.97 Å². The fourth-order valence-electron chi connectivity index (χ4n) is 3.72. The van der Waals surface area contributed by atoms with Gasteiger partial charge in [-0.3, -0.25) is 4.79 Å². The summed E-state index contributed by atoms with van der Waals surface area (Å²) in [5, 5.41) is 6.18. The van der Waals surface area contributed by atoms with Gasteiger partial charge in [-0.05, 0) is 42.7 Å². The summed E-state index contributed by atoms with van der Waals surface area (Å²) in [5.74, 6) is 0.0908. The molecule has 32 heavy (non-hydrogen) atoms. The number of aliphatic imine (C=N–C) groups is 1. The number of thioether (sulfide) groups is 1. The van der Waals surface area contributed by atoms with Crippen molar-refractivity contribution in [3.63, 3.8) is 0 Å². The molecular weight excluding hydrogens is 450 g/mol. The summed E-state index contributed by atoms with van der Waals surface area (Å²) in [4.78, 5) is 32.3. The predicted octanol–water partition coefficient (Wildman–Crippen LogP) is 4.02. The molecule has 1 aromatic rings. The number of allylic oxidation sites excluding steroid dienone is 1. The van der Waals surface area contributed by atoms with E-state index in [2.05, 4.69) is 10.3 Å². The maximum Gasteiger partial charge on any atom is 0.338 e. The summed E-state index contributed by atoms with van der Waals surface area (Å²) in [6.45, 7) is 2.94. The molecule has 7 nitrogen and oxygen atoms in total. The van der Waals surface area contributed by atoms with Crippen LogP contribution in [0.5, 0.6) is 0 Å². The number of carbonyl (C=O) groups is 2. The second kappa shape index (κ2) is 10.1. The fraction of sp³-hybridized carbons (Fsp3) is 0.435. The Morgan fingerprint density at radius 1 is 1.28 bits per heavy atom. The smallest absolute Gasteiger partial charge is 0.338 e. The Morgan fingerprint density at radius 3 is 2.78 bits per heavy atom. The number of amidine groups is 1. The zero-order valence-corrected chi connectivity index (χ0v) is 19.7. The van der Waals surface area contributed by atoms with Crippen molar-refractivity contribution in [1.82, 2.24) is 10.2 Å². The van der Waals surface area contributed by atoms with Crippen molar-refractivity contribution >= 4 is 40.4 Å². The van der Waals surface area contributed by atoms with E-state index in [0.29, 0.717) is 40.5 Å². The van der Waals surface area contributed by atoms with Crippen molar-refractivity contribution in [2.24, 2.45) is 10.9 Å². The molecule has 1 atom stereocenters. The minimum absolute atomic E-state index is 0.0431. The number of hydrogen-bond acceptors (Lipinski definition) is 7. The van der Waals surface area contributed by atoms with E-state index < -0.39 is 12.0 Å². The quantitative estimate of drug-likeness (QED) is 0.429. The third kappa shape index (κ3) is 5.03. The van der Waals surface area contributed by atoms with Gasteiger partial charge < -0.3 is 19.7 Å². The van der Waals surface area contributed by atoms with Crippen molar-refractivity contribution in [2.75, 3.05) is 26.9 Å². The summed E-state index contributed by atoms with van der Waals surface area (Å²) < 4.78 is 10.5. The molecule has 2 aliphatic heterocycles. The highest BCUT2D eigenvalue weighted by atomic mass is 35.5. The van der Waals surface area contributed by atoms with Crippen molar-refractivity contribution in [1.29, 1.82) is 0 Å². The highest BCUT2D eigenvalue weighted by molar-refractivity contribution is 8.16. The number of nitrogens with zero attached hydrogens (tertiary/aromatic N) is 2. The largest absolute Gasteiger partial charge is 0.460 e. The van der Waals surface area contributed by atoms with Gasteiger partial charge in [0, 0.05) is 24.4 Å². The number of benzene rings is 1. The minimum atomic E-state index is -0.538.